The second-order valence-corrected chi connectivity index (χ2v) is 3.98. The molecule has 0 aliphatic rings. The molecule has 0 spiro atoms. The maximum Gasteiger partial charge on any atom is 0.433 e. The molecule has 2 aromatic rings. The number of hydrogen-bond acceptors (Lipinski definition) is 3. The van der Waals surface area contributed by atoms with Gasteiger partial charge in [0, 0.05) is 12.1 Å². The first-order chi connectivity index (χ1) is 9.61. The fraction of sp³-hybridized carbons (Fsp3) is 0.0909. The standard InChI is InChI=1S/C11H6F5N3O2/c12-5-1-6(13)3-7(2-5)18-9(20)4-8(11(14,15)16)19(17)10(18)21/h1-4H,17H2. The van der Waals surface area contributed by atoms with Crippen LogP contribution >= 0.6 is 0 Å². The van der Waals surface area contributed by atoms with Crippen LogP contribution in [0.2, 0.25) is 0 Å². The highest BCUT2D eigenvalue weighted by Crippen LogP contribution is 2.26. The Labute approximate surface area is 112 Å². The molecule has 0 aliphatic heterocycles. The maximum atomic E-state index is 13.1. The van der Waals surface area contributed by atoms with E-state index >= 15 is 0 Å². The van der Waals surface area contributed by atoms with Crippen molar-refractivity contribution in [2.24, 2.45) is 0 Å². The zero-order valence-electron chi connectivity index (χ0n) is 9.99. The second-order valence-electron chi connectivity index (χ2n) is 3.98. The number of nitrogens with zero attached hydrogens (tertiary/aromatic N) is 2. The molecule has 2 rings (SSSR count). The molecule has 0 fully saturated rings. The first kappa shape index (κ1) is 14.8. The van der Waals surface area contributed by atoms with E-state index < -0.39 is 40.4 Å². The molecule has 0 amide bonds. The lowest BCUT2D eigenvalue weighted by Gasteiger charge is -2.13. The predicted octanol–water partition coefficient (Wildman–Crippen LogP) is 1.01. The summed E-state index contributed by atoms with van der Waals surface area (Å²) in [6.45, 7) is 0. The number of halogens is 5. The monoisotopic (exact) mass is 307 g/mol. The highest BCUT2D eigenvalue weighted by atomic mass is 19.4. The van der Waals surface area contributed by atoms with Crippen molar-refractivity contribution in [3.63, 3.8) is 0 Å². The zero-order valence-corrected chi connectivity index (χ0v) is 9.99. The van der Waals surface area contributed by atoms with Gasteiger partial charge < -0.3 is 5.84 Å². The Bertz CT molecular complexity index is 802. The number of alkyl halides is 3. The van der Waals surface area contributed by atoms with Gasteiger partial charge >= 0.3 is 11.9 Å². The van der Waals surface area contributed by atoms with E-state index in [1.165, 1.54) is 0 Å². The van der Waals surface area contributed by atoms with Crippen LogP contribution in [-0.2, 0) is 6.18 Å². The Hall–Kier alpha value is -2.65. The van der Waals surface area contributed by atoms with Gasteiger partial charge in [0.25, 0.3) is 5.56 Å². The van der Waals surface area contributed by atoms with Gasteiger partial charge in [-0.15, -0.1) is 0 Å². The van der Waals surface area contributed by atoms with E-state index in [9.17, 15) is 31.5 Å². The molecule has 112 valence electrons. The third-order valence-corrected chi connectivity index (χ3v) is 2.53. The molecule has 1 aromatic heterocycles. The maximum absolute atomic E-state index is 13.1. The molecule has 21 heavy (non-hydrogen) atoms. The summed E-state index contributed by atoms with van der Waals surface area (Å²) in [4.78, 5) is 23.4. The molecule has 0 saturated heterocycles. The summed E-state index contributed by atoms with van der Waals surface area (Å²) in [6, 6.07) is 1.75. The van der Waals surface area contributed by atoms with E-state index in [4.69, 9.17) is 5.84 Å². The highest BCUT2D eigenvalue weighted by molar-refractivity contribution is 5.33. The largest absolute Gasteiger partial charge is 0.433 e. The lowest BCUT2D eigenvalue weighted by molar-refractivity contribution is -0.143. The molecule has 0 radical (unpaired) electrons. The van der Waals surface area contributed by atoms with Crippen molar-refractivity contribution >= 4 is 0 Å². The molecule has 0 bridgehead atoms. The number of hydrogen-bond donors (Lipinski definition) is 1. The van der Waals surface area contributed by atoms with Crippen LogP contribution in [0.3, 0.4) is 0 Å². The van der Waals surface area contributed by atoms with Crippen LogP contribution in [0.4, 0.5) is 22.0 Å². The Balaban J connectivity index is 2.81. The average molecular weight is 307 g/mol. The minimum atomic E-state index is -5.03. The first-order valence-electron chi connectivity index (χ1n) is 5.29. The Morgan fingerprint density at radius 1 is 0.952 bits per heavy atom. The molecular weight excluding hydrogens is 301 g/mol. The third-order valence-electron chi connectivity index (χ3n) is 2.53. The summed E-state index contributed by atoms with van der Waals surface area (Å²) in [6.07, 6.45) is -5.03. The highest BCUT2D eigenvalue weighted by Gasteiger charge is 2.35. The first-order valence-corrected chi connectivity index (χ1v) is 5.29. The number of benzene rings is 1. The van der Waals surface area contributed by atoms with E-state index in [1.54, 1.807) is 0 Å². The van der Waals surface area contributed by atoms with Crippen molar-refractivity contribution in [3.8, 4) is 5.69 Å². The van der Waals surface area contributed by atoms with E-state index in [0.29, 0.717) is 18.2 Å². The SMILES string of the molecule is Nn1c(C(F)(F)F)cc(=O)n(-c2cc(F)cc(F)c2)c1=O. The van der Waals surface area contributed by atoms with Gasteiger partial charge in [-0.3, -0.25) is 4.79 Å². The van der Waals surface area contributed by atoms with Crippen molar-refractivity contribution in [2.45, 2.75) is 6.18 Å². The van der Waals surface area contributed by atoms with Gasteiger partial charge in [0.05, 0.1) is 5.69 Å². The second kappa shape index (κ2) is 4.72. The third kappa shape index (κ3) is 2.64. The molecule has 1 aromatic carbocycles. The molecule has 2 N–H and O–H groups in total. The minimum absolute atomic E-state index is 0.0597. The van der Waals surface area contributed by atoms with E-state index in [2.05, 4.69) is 0 Å². The normalized spacial score (nSPS) is 11.7. The predicted molar refractivity (Wildman–Crippen MR) is 61.4 cm³/mol. The summed E-state index contributed by atoms with van der Waals surface area (Å²) in [5.74, 6) is 2.77. The summed E-state index contributed by atoms with van der Waals surface area (Å²) < 4.78 is 63.6. The van der Waals surface area contributed by atoms with Gasteiger partial charge in [-0.2, -0.15) is 13.2 Å². The van der Waals surface area contributed by atoms with E-state index in [0.717, 1.165) is 0 Å². The van der Waals surface area contributed by atoms with Crippen LogP contribution in [0, 0.1) is 11.6 Å². The van der Waals surface area contributed by atoms with Crippen molar-refractivity contribution in [3.05, 3.63) is 62.4 Å². The van der Waals surface area contributed by atoms with E-state index in [1.807, 2.05) is 0 Å². The van der Waals surface area contributed by atoms with Crippen molar-refractivity contribution in [2.75, 3.05) is 5.84 Å². The van der Waals surface area contributed by atoms with Gasteiger partial charge in [0.2, 0.25) is 0 Å². The molecule has 0 unspecified atom stereocenters. The molecule has 0 saturated carbocycles. The quantitative estimate of drug-likeness (QED) is 0.631. The number of aromatic nitrogens is 2. The van der Waals surface area contributed by atoms with Crippen LogP contribution in [0.5, 0.6) is 0 Å². The van der Waals surface area contributed by atoms with Crippen LogP contribution in [0.25, 0.3) is 5.69 Å². The average Bonchev–Trinajstić information content (AvgIpc) is 2.31. The lowest BCUT2D eigenvalue weighted by atomic mass is 10.3. The number of rotatable bonds is 1. The Morgan fingerprint density at radius 3 is 1.95 bits per heavy atom. The van der Waals surface area contributed by atoms with Crippen molar-refractivity contribution in [1.29, 1.82) is 0 Å². The van der Waals surface area contributed by atoms with Crippen molar-refractivity contribution in [1.82, 2.24) is 9.24 Å². The summed E-state index contributed by atoms with van der Waals surface area (Å²) in [7, 11) is 0. The fourth-order valence-corrected chi connectivity index (χ4v) is 1.68. The summed E-state index contributed by atoms with van der Waals surface area (Å²) >= 11 is 0. The molecular formula is C11H6F5N3O2. The molecule has 0 atom stereocenters. The number of nitrogen functional groups attached to an aromatic ring is 1. The molecule has 10 heteroatoms. The number of nitrogens with two attached hydrogens (primary N) is 1. The topological polar surface area (TPSA) is 70.0 Å². The Morgan fingerprint density at radius 2 is 1.48 bits per heavy atom. The van der Waals surface area contributed by atoms with Crippen LogP contribution in [0.15, 0.2) is 33.9 Å². The minimum Gasteiger partial charge on any atom is -0.335 e. The molecule has 0 aliphatic carbocycles. The summed E-state index contributed by atoms with van der Waals surface area (Å²) in [5.41, 5.74) is -5.25. The van der Waals surface area contributed by atoms with Gasteiger partial charge in [-0.25, -0.2) is 22.8 Å². The van der Waals surface area contributed by atoms with Gasteiger partial charge in [0.1, 0.15) is 11.6 Å². The van der Waals surface area contributed by atoms with Gasteiger partial charge in [0.15, 0.2) is 5.69 Å². The van der Waals surface area contributed by atoms with Crippen molar-refractivity contribution < 1.29 is 22.0 Å². The fourth-order valence-electron chi connectivity index (χ4n) is 1.68. The van der Waals surface area contributed by atoms with E-state index in [-0.39, 0.29) is 15.3 Å². The van der Waals surface area contributed by atoms with Gasteiger partial charge in [-0.1, -0.05) is 0 Å². The van der Waals surface area contributed by atoms with Crippen LogP contribution < -0.4 is 17.1 Å². The zero-order chi connectivity index (χ0) is 15.9. The molecule has 1 heterocycles. The van der Waals surface area contributed by atoms with Gasteiger partial charge in [-0.05, 0) is 12.1 Å². The summed E-state index contributed by atoms with van der Waals surface area (Å²) in [5, 5.41) is 0. The smallest absolute Gasteiger partial charge is 0.335 e. The molecule has 5 nitrogen and oxygen atoms in total. The lowest BCUT2D eigenvalue weighted by Crippen LogP contribution is -2.45. The van der Waals surface area contributed by atoms with Crippen LogP contribution in [-0.4, -0.2) is 9.24 Å². The van der Waals surface area contributed by atoms with Crippen LogP contribution in [0.1, 0.15) is 5.69 Å². The Kier molecular flexibility index (Phi) is 3.32.